The van der Waals surface area contributed by atoms with Crippen molar-refractivity contribution in [1.82, 2.24) is 19.6 Å². The summed E-state index contributed by atoms with van der Waals surface area (Å²) in [7, 11) is 1.35. The molecule has 0 spiro atoms. The molecule has 90 valence electrons. The van der Waals surface area contributed by atoms with Crippen molar-refractivity contribution in [2.45, 2.75) is 11.9 Å². The lowest BCUT2D eigenvalue weighted by molar-refractivity contribution is -0.137. The summed E-state index contributed by atoms with van der Waals surface area (Å²) >= 11 is 7.27. The number of thioether (sulfide) groups is 1. The first kappa shape index (κ1) is 12.1. The highest BCUT2D eigenvalue weighted by molar-refractivity contribution is 7.99. The zero-order valence-corrected chi connectivity index (χ0v) is 10.7. The second-order valence-electron chi connectivity index (χ2n) is 3.17. The number of esters is 1. The van der Waals surface area contributed by atoms with Crippen molar-refractivity contribution >= 4 is 35.1 Å². The van der Waals surface area contributed by atoms with E-state index in [4.69, 9.17) is 11.6 Å². The molecule has 2 rings (SSSR count). The van der Waals surface area contributed by atoms with Gasteiger partial charge in [0.25, 0.3) is 5.78 Å². The Bertz CT molecular complexity index is 571. The molecule has 8 heteroatoms. The molecule has 6 nitrogen and oxygen atoms in total. The average Bonchev–Trinajstić information content (AvgIpc) is 2.76. The van der Waals surface area contributed by atoms with E-state index in [1.165, 1.54) is 25.2 Å². The summed E-state index contributed by atoms with van der Waals surface area (Å²) in [6.07, 6.45) is 1.39. The van der Waals surface area contributed by atoms with Gasteiger partial charge in [0.15, 0.2) is 0 Å². The van der Waals surface area contributed by atoms with Crippen molar-refractivity contribution in [1.29, 1.82) is 0 Å². The molecule has 0 aliphatic rings. The summed E-state index contributed by atoms with van der Waals surface area (Å²) in [5, 5.41) is 5.13. The molecule has 0 saturated carbocycles. The monoisotopic (exact) mass is 272 g/mol. The molecule has 2 heterocycles. The quantitative estimate of drug-likeness (QED) is 0.477. The molecule has 17 heavy (non-hydrogen) atoms. The zero-order chi connectivity index (χ0) is 12.4. The standard InChI is InChI=1S/C9H9ClN4O2S/c1-5-7(10)13-9-11-4-12-14(9)8(5)17-3-6(15)16-2/h4H,3H2,1-2H3. The third kappa shape index (κ3) is 2.34. The number of rotatable bonds is 3. The van der Waals surface area contributed by atoms with Crippen molar-refractivity contribution in [3.8, 4) is 0 Å². The Balaban J connectivity index is 2.40. The highest BCUT2D eigenvalue weighted by Crippen LogP contribution is 2.26. The maximum Gasteiger partial charge on any atom is 0.316 e. The first-order valence-electron chi connectivity index (χ1n) is 4.69. The van der Waals surface area contributed by atoms with Crippen molar-refractivity contribution in [2.24, 2.45) is 0 Å². The normalized spacial score (nSPS) is 10.8. The maximum absolute atomic E-state index is 11.1. The number of fused-ring (bicyclic) bond motifs is 1. The summed E-state index contributed by atoms with van der Waals surface area (Å²) in [4.78, 5) is 19.1. The maximum atomic E-state index is 11.1. The second-order valence-corrected chi connectivity index (χ2v) is 4.49. The Morgan fingerprint density at radius 2 is 2.41 bits per heavy atom. The number of ether oxygens (including phenoxy) is 1. The van der Waals surface area contributed by atoms with E-state index in [2.05, 4.69) is 19.8 Å². The molecule has 0 aliphatic carbocycles. The molecule has 0 saturated heterocycles. The second kappa shape index (κ2) is 4.89. The predicted molar refractivity (Wildman–Crippen MR) is 63.3 cm³/mol. The van der Waals surface area contributed by atoms with Gasteiger partial charge in [0.1, 0.15) is 16.5 Å². The Kier molecular flexibility index (Phi) is 3.49. The number of hydrogen-bond acceptors (Lipinski definition) is 6. The Morgan fingerprint density at radius 1 is 1.65 bits per heavy atom. The van der Waals surface area contributed by atoms with Gasteiger partial charge >= 0.3 is 5.97 Å². The third-order valence-electron chi connectivity index (χ3n) is 2.10. The molecule has 0 N–H and O–H groups in total. The van der Waals surface area contributed by atoms with Gasteiger partial charge in [-0.2, -0.15) is 19.6 Å². The largest absolute Gasteiger partial charge is 0.468 e. The highest BCUT2D eigenvalue weighted by atomic mass is 35.5. The van der Waals surface area contributed by atoms with Crippen LogP contribution in [0.25, 0.3) is 5.78 Å². The number of halogens is 1. The number of hydrogen-bond donors (Lipinski definition) is 0. The van der Waals surface area contributed by atoms with E-state index in [-0.39, 0.29) is 11.7 Å². The predicted octanol–water partition coefficient (Wildman–Crippen LogP) is 1.35. The molecule has 0 aromatic carbocycles. The van der Waals surface area contributed by atoms with Gasteiger partial charge in [-0.05, 0) is 6.92 Å². The molecule has 0 fully saturated rings. The fraction of sp³-hybridized carbons (Fsp3) is 0.333. The Labute approximate surface area is 106 Å². The molecule has 0 unspecified atom stereocenters. The topological polar surface area (TPSA) is 69.4 Å². The molecule has 0 bridgehead atoms. The van der Waals surface area contributed by atoms with Crippen LogP contribution in [0.4, 0.5) is 0 Å². The number of methoxy groups -OCH3 is 1. The van der Waals surface area contributed by atoms with Crippen LogP contribution in [0.15, 0.2) is 11.4 Å². The number of nitrogens with zero attached hydrogens (tertiary/aromatic N) is 4. The van der Waals surface area contributed by atoms with E-state index in [1.54, 1.807) is 4.52 Å². The molecular weight excluding hydrogens is 264 g/mol. The minimum Gasteiger partial charge on any atom is -0.468 e. The van der Waals surface area contributed by atoms with Crippen LogP contribution in [0, 0.1) is 6.92 Å². The summed E-state index contributed by atoms with van der Waals surface area (Å²) in [6, 6.07) is 0. The van der Waals surface area contributed by atoms with Crippen molar-refractivity contribution in [3.63, 3.8) is 0 Å². The molecular formula is C9H9ClN4O2S. The van der Waals surface area contributed by atoms with Gasteiger partial charge in [-0.1, -0.05) is 23.4 Å². The number of aromatic nitrogens is 4. The van der Waals surface area contributed by atoms with Crippen LogP contribution in [-0.2, 0) is 9.53 Å². The van der Waals surface area contributed by atoms with Crippen LogP contribution in [0.2, 0.25) is 5.15 Å². The fourth-order valence-corrected chi connectivity index (χ4v) is 2.39. The van der Waals surface area contributed by atoms with E-state index in [0.717, 1.165) is 10.6 Å². The molecule has 0 atom stereocenters. The van der Waals surface area contributed by atoms with Gasteiger partial charge in [-0.25, -0.2) is 0 Å². The zero-order valence-electron chi connectivity index (χ0n) is 9.18. The highest BCUT2D eigenvalue weighted by Gasteiger charge is 2.14. The van der Waals surface area contributed by atoms with E-state index in [9.17, 15) is 4.79 Å². The summed E-state index contributed by atoms with van der Waals surface area (Å²) in [5.41, 5.74) is 0.763. The van der Waals surface area contributed by atoms with E-state index >= 15 is 0 Å². The first-order chi connectivity index (χ1) is 8.13. The molecule has 0 aliphatic heterocycles. The fourth-order valence-electron chi connectivity index (χ4n) is 1.23. The average molecular weight is 273 g/mol. The lowest BCUT2D eigenvalue weighted by Crippen LogP contribution is -2.06. The molecule has 0 radical (unpaired) electrons. The van der Waals surface area contributed by atoms with Crippen molar-refractivity contribution in [2.75, 3.05) is 12.9 Å². The summed E-state index contributed by atoms with van der Waals surface area (Å²) in [5.74, 6) is 0.288. The number of carbonyl (C=O) groups excluding carboxylic acids is 1. The summed E-state index contributed by atoms with van der Waals surface area (Å²) < 4.78 is 6.13. The van der Waals surface area contributed by atoms with E-state index < -0.39 is 0 Å². The van der Waals surface area contributed by atoms with Gasteiger partial charge < -0.3 is 4.74 Å². The van der Waals surface area contributed by atoms with Crippen LogP contribution >= 0.6 is 23.4 Å². The van der Waals surface area contributed by atoms with Crippen LogP contribution < -0.4 is 0 Å². The Morgan fingerprint density at radius 3 is 3.12 bits per heavy atom. The van der Waals surface area contributed by atoms with Crippen LogP contribution in [0.5, 0.6) is 0 Å². The third-order valence-corrected chi connectivity index (χ3v) is 3.61. The molecule has 2 aromatic heterocycles. The van der Waals surface area contributed by atoms with E-state index in [1.807, 2.05) is 6.92 Å². The first-order valence-corrected chi connectivity index (χ1v) is 6.05. The molecule has 2 aromatic rings. The minimum absolute atomic E-state index is 0.187. The SMILES string of the molecule is COC(=O)CSc1c(C)c(Cl)nc2ncnn12. The van der Waals surface area contributed by atoms with Gasteiger partial charge in [0.2, 0.25) is 0 Å². The summed E-state index contributed by atoms with van der Waals surface area (Å²) in [6.45, 7) is 1.82. The van der Waals surface area contributed by atoms with Crippen LogP contribution in [0.1, 0.15) is 5.56 Å². The van der Waals surface area contributed by atoms with Gasteiger partial charge in [0.05, 0.1) is 12.9 Å². The lowest BCUT2D eigenvalue weighted by Gasteiger charge is -2.07. The van der Waals surface area contributed by atoms with E-state index in [0.29, 0.717) is 10.9 Å². The lowest BCUT2D eigenvalue weighted by atomic mass is 10.4. The minimum atomic E-state index is -0.310. The van der Waals surface area contributed by atoms with Crippen molar-refractivity contribution in [3.05, 3.63) is 17.0 Å². The van der Waals surface area contributed by atoms with Gasteiger partial charge in [-0.3, -0.25) is 4.79 Å². The smallest absolute Gasteiger partial charge is 0.316 e. The van der Waals surface area contributed by atoms with Crippen LogP contribution in [0.3, 0.4) is 0 Å². The number of carbonyl (C=O) groups is 1. The van der Waals surface area contributed by atoms with Gasteiger partial charge in [-0.15, -0.1) is 0 Å². The van der Waals surface area contributed by atoms with Crippen LogP contribution in [-0.4, -0.2) is 38.4 Å². The van der Waals surface area contributed by atoms with Gasteiger partial charge in [0, 0.05) is 5.56 Å². The molecule has 0 amide bonds. The van der Waals surface area contributed by atoms with Crippen molar-refractivity contribution < 1.29 is 9.53 Å². The Hall–Kier alpha value is -1.34.